The number of para-hydroxylation sites is 1. The third-order valence-electron chi connectivity index (χ3n) is 13.3. The van der Waals surface area contributed by atoms with E-state index in [-0.39, 0.29) is 56.6 Å². The van der Waals surface area contributed by atoms with Crippen LogP contribution in [0.3, 0.4) is 0 Å². The molecule has 0 saturated carbocycles. The van der Waals surface area contributed by atoms with E-state index in [0.717, 1.165) is 5.69 Å². The Hall–Kier alpha value is -6.10. The molecule has 3 aromatic rings. The number of nitrogens with zero attached hydrogens (tertiary/aromatic N) is 3. The lowest BCUT2D eigenvalue weighted by molar-refractivity contribution is -0.160. The van der Waals surface area contributed by atoms with Crippen molar-refractivity contribution < 1.29 is 58.9 Å². The summed E-state index contributed by atoms with van der Waals surface area (Å²) in [6, 6.07) is 10.0. The number of hydrazone groups is 1. The summed E-state index contributed by atoms with van der Waals surface area (Å²) in [6.45, 7) is 17.7. The zero-order valence-electron chi connectivity index (χ0n) is 39.5. The second-order valence-electron chi connectivity index (χ2n) is 18.2. The SMILES string of the molecule is COC1C=COC2(C)Oc3c(C)c(O)c4c(O)c(c(C=NN5CC(C)N(c6ccccc6)C(C)C5)c(O)c4c3C2=O)NC(=O)C(C)=CC=CC(C)C(O)C(C)C(O)C(C)C(OC(C)=O)C1C. The zero-order valence-corrected chi connectivity index (χ0v) is 39.5. The predicted octanol–water partition coefficient (Wildman–Crippen LogP) is 6.69. The van der Waals surface area contributed by atoms with Crippen LogP contribution >= 0.6 is 0 Å². The lowest BCUT2D eigenvalue weighted by Gasteiger charge is -2.44. The Morgan fingerprint density at radius 3 is 2.17 bits per heavy atom. The third-order valence-corrected chi connectivity index (χ3v) is 13.3. The van der Waals surface area contributed by atoms with Crippen molar-refractivity contribution in [3.05, 3.63) is 83.2 Å². The van der Waals surface area contributed by atoms with Crippen molar-refractivity contribution in [2.75, 3.05) is 30.4 Å². The number of ether oxygens (including phenoxy) is 4. The number of carbonyl (C=O) groups is 3. The number of esters is 1. The molecule has 5 bridgehead atoms. The number of phenolic OH excluding ortho intramolecular Hbond substituents is 3. The van der Waals surface area contributed by atoms with Crippen molar-refractivity contribution in [3.63, 3.8) is 0 Å². The van der Waals surface area contributed by atoms with Crippen LogP contribution in [-0.2, 0) is 23.8 Å². The predicted molar refractivity (Wildman–Crippen MR) is 251 cm³/mol. The van der Waals surface area contributed by atoms with Crippen LogP contribution in [0.1, 0.15) is 83.8 Å². The molecule has 7 rings (SSSR count). The number of piperazine rings is 1. The Kier molecular flexibility index (Phi) is 14.8. The van der Waals surface area contributed by atoms with Gasteiger partial charge in [0.2, 0.25) is 0 Å². The lowest BCUT2D eigenvalue weighted by atomic mass is 9.78. The Balaban J connectivity index is 1.50. The first-order valence-electron chi connectivity index (χ1n) is 22.3. The number of hydrogen-bond acceptors (Lipinski definition) is 15. The van der Waals surface area contributed by atoms with E-state index in [2.05, 4.69) is 24.1 Å². The molecule has 0 radical (unpaired) electrons. The fraction of sp³-hybridized carbons (Fsp3) is 0.480. The van der Waals surface area contributed by atoms with Crippen LogP contribution in [0.15, 0.2) is 71.6 Å². The second-order valence-corrected chi connectivity index (χ2v) is 18.2. The average Bonchev–Trinajstić information content (AvgIpc) is 3.54. The minimum atomic E-state index is -2.07. The molecular weight excluding hydrogens is 849 g/mol. The highest BCUT2D eigenvalue weighted by molar-refractivity contribution is 6.23. The maximum absolute atomic E-state index is 14.6. The van der Waals surface area contributed by atoms with Crippen LogP contribution < -0.4 is 15.0 Å². The molecule has 0 spiro atoms. The Morgan fingerprint density at radius 1 is 0.894 bits per heavy atom. The molecule has 0 aliphatic carbocycles. The molecule has 16 heteroatoms. The molecule has 1 fully saturated rings. The topological polar surface area (TPSA) is 220 Å². The van der Waals surface area contributed by atoms with Crippen LogP contribution in [-0.4, -0.2) is 117 Å². The Bertz CT molecular complexity index is 2440. The van der Waals surface area contributed by atoms with Crippen LogP contribution in [0.5, 0.6) is 23.0 Å². The first-order chi connectivity index (χ1) is 31.1. The average molecular weight is 913 g/mol. The van der Waals surface area contributed by atoms with Gasteiger partial charge >= 0.3 is 11.8 Å². The van der Waals surface area contributed by atoms with Crippen molar-refractivity contribution in [3.8, 4) is 23.0 Å². The lowest BCUT2D eigenvalue weighted by Crippen LogP contribution is -2.55. The smallest absolute Gasteiger partial charge is 0.312 e. The summed E-state index contributed by atoms with van der Waals surface area (Å²) >= 11 is 0. The Labute approximate surface area is 385 Å². The highest BCUT2D eigenvalue weighted by Crippen LogP contribution is 2.55. The number of benzene rings is 3. The molecule has 1 amide bonds. The van der Waals surface area contributed by atoms with E-state index in [1.165, 1.54) is 59.4 Å². The standard InChI is InChI=1S/C50H64N4O12/c1-25-16-15-17-26(2)49(62)52-40-35(22-51-53-23-27(3)54(28(4)24-53)34-18-13-12-14-19-34)44(59)37-38(45(40)60)43(58)32(8)47-39(37)48(61)50(10,66-47)64-21-20-36(63-11)29(5)46(65-33(9)55)31(7)42(57)30(6)41(25)56/h12-22,25,27-31,36,41-42,46,56-60H,23-24H2,1-11H3,(H,52,62). The van der Waals surface area contributed by atoms with E-state index < -0.39 is 88.8 Å². The number of Topliss-reactive ketones (excluding diaryl/α,β-unsaturated/α-hetero) is 1. The van der Waals surface area contributed by atoms with Gasteiger partial charge in [0, 0.05) is 78.9 Å². The summed E-state index contributed by atoms with van der Waals surface area (Å²) in [5.41, 5.74) is 0.655. The maximum atomic E-state index is 14.6. The number of fused-ring (bicyclic) bond motifs is 14. The summed E-state index contributed by atoms with van der Waals surface area (Å²) in [5.74, 6) is -8.47. The number of ketones is 1. The van der Waals surface area contributed by atoms with E-state index in [1.807, 2.05) is 35.3 Å². The fourth-order valence-corrected chi connectivity index (χ4v) is 9.51. The molecule has 6 N–H and O–H groups in total. The number of allylic oxidation sites excluding steroid dienone is 2. The molecule has 4 heterocycles. The number of phenols is 3. The molecule has 3 aromatic carbocycles. The van der Waals surface area contributed by atoms with Crippen LogP contribution in [0.4, 0.5) is 11.4 Å². The van der Waals surface area contributed by atoms with Gasteiger partial charge in [-0.3, -0.25) is 19.4 Å². The van der Waals surface area contributed by atoms with Crippen molar-refractivity contribution in [2.45, 2.75) is 112 Å². The number of nitrogens with one attached hydrogen (secondary N) is 1. The molecule has 4 aliphatic heterocycles. The molecule has 11 unspecified atom stereocenters. The highest BCUT2D eigenvalue weighted by Gasteiger charge is 2.50. The molecule has 0 aromatic heterocycles. The van der Waals surface area contributed by atoms with Gasteiger partial charge in [-0.2, -0.15) is 5.10 Å². The number of hydrogen-bond donors (Lipinski definition) is 6. The molecule has 11 atom stereocenters. The first kappa shape index (κ1) is 49.3. The van der Waals surface area contributed by atoms with E-state index in [9.17, 15) is 39.9 Å². The van der Waals surface area contributed by atoms with E-state index in [1.54, 1.807) is 39.8 Å². The summed E-state index contributed by atoms with van der Waals surface area (Å²) in [5, 5.41) is 67.9. The molecule has 356 valence electrons. The van der Waals surface area contributed by atoms with Gasteiger partial charge in [-0.15, -0.1) is 0 Å². The van der Waals surface area contributed by atoms with Gasteiger partial charge in [0.15, 0.2) is 5.75 Å². The van der Waals surface area contributed by atoms with Gasteiger partial charge in [-0.05, 0) is 45.9 Å². The van der Waals surface area contributed by atoms with Gasteiger partial charge in [-0.1, -0.05) is 64.1 Å². The zero-order chi connectivity index (χ0) is 48.5. The number of anilines is 2. The van der Waals surface area contributed by atoms with Crippen LogP contribution in [0.2, 0.25) is 0 Å². The van der Waals surface area contributed by atoms with Crippen molar-refractivity contribution >= 4 is 46.0 Å². The van der Waals surface area contributed by atoms with E-state index in [4.69, 9.17) is 24.0 Å². The first-order valence-corrected chi connectivity index (χ1v) is 22.3. The van der Waals surface area contributed by atoms with Crippen molar-refractivity contribution in [1.82, 2.24) is 5.01 Å². The number of amides is 1. The number of aliphatic hydroxyl groups is 2. The fourth-order valence-electron chi connectivity index (χ4n) is 9.51. The summed E-state index contributed by atoms with van der Waals surface area (Å²) < 4.78 is 23.8. The van der Waals surface area contributed by atoms with Crippen molar-refractivity contribution in [1.29, 1.82) is 0 Å². The van der Waals surface area contributed by atoms with Gasteiger partial charge in [0.05, 0.1) is 66.1 Å². The highest BCUT2D eigenvalue weighted by atomic mass is 16.7. The molecule has 16 nitrogen and oxygen atoms in total. The van der Waals surface area contributed by atoms with Gasteiger partial charge in [0.25, 0.3) is 11.7 Å². The molecule has 4 aliphatic rings. The maximum Gasteiger partial charge on any atom is 0.312 e. The quantitative estimate of drug-likeness (QED) is 0.0681. The number of aliphatic hydroxyl groups excluding tert-OH is 2. The van der Waals surface area contributed by atoms with Gasteiger partial charge < -0.3 is 54.7 Å². The monoisotopic (exact) mass is 912 g/mol. The van der Waals surface area contributed by atoms with Crippen LogP contribution in [0, 0.1) is 30.6 Å². The summed E-state index contributed by atoms with van der Waals surface area (Å²) in [4.78, 5) is 43.3. The largest absolute Gasteiger partial charge is 0.507 e. The van der Waals surface area contributed by atoms with Gasteiger partial charge in [-0.25, -0.2) is 0 Å². The van der Waals surface area contributed by atoms with E-state index >= 15 is 0 Å². The molecule has 1 saturated heterocycles. The van der Waals surface area contributed by atoms with Crippen LogP contribution in [0.25, 0.3) is 10.8 Å². The summed E-state index contributed by atoms with van der Waals surface area (Å²) in [6.07, 6.45) is 4.86. The number of aromatic hydroxyl groups is 3. The van der Waals surface area contributed by atoms with Crippen molar-refractivity contribution in [2.24, 2.45) is 28.8 Å². The number of rotatable bonds is 5. The minimum absolute atomic E-state index is 0.0118. The summed E-state index contributed by atoms with van der Waals surface area (Å²) in [7, 11) is 1.44. The number of carbonyl (C=O) groups excluding carboxylic acids is 3. The normalized spacial score (nSPS) is 30.1. The Morgan fingerprint density at radius 2 is 1.55 bits per heavy atom. The number of methoxy groups -OCH3 is 1. The second kappa shape index (κ2) is 19.8. The van der Waals surface area contributed by atoms with Gasteiger partial charge in [0.1, 0.15) is 23.4 Å². The van der Waals surface area contributed by atoms with E-state index in [0.29, 0.717) is 13.1 Å². The third kappa shape index (κ3) is 9.44. The molecule has 66 heavy (non-hydrogen) atoms. The molecular formula is C50H64N4O12. The minimum Gasteiger partial charge on any atom is -0.507 e.